The second-order valence-corrected chi connectivity index (χ2v) is 11.6. The maximum absolute atomic E-state index is 12.0. The van der Waals surface area contributed by atoms with Gasteiger partial charge in [0, 0.05) is 41.5 Å². The molecule has 0 spiro atoms. The fourth-order valence-electron chi connectivity index (χ4n) is 4.99. The molecule has 0 unspecified atom stereocenters. The topological polar surface area (TPSA) is 90.5 Å². The molecule has 2 heterocycles. The number of carboxylic acid groups (broad SMARTS) is 1. The number of aromatic amines is 1. The van der Waals surface area contributed by atoms with Crippen molar-refractivity contribution in [1.82, 2.24) is 9.29 Å². The molecule has 4 aromatic rings. The number of hydrogen-bond acceptors (Lipinski definition) is 3. The van der Waals surface area contributed by atoms with Crippen molar-refractivity contribution in [3.63, 3.8) is 0 Å². The van der Waals surface area contributed by atoms with Crippen LogP contribution in [-0.2, 0) is 16.4 Å². The maximum Gasteiger partial charge on any atom is 0.336 e. The Morgan fingerprint density at radius 3 is 2.49 bits per heavy atom. The minimum absolute atomic E-state index is 0.218. The number of benzene rings is 3. The summed E-state index contributed by atoms with van der Waals surface area (Å²) in [5.41, 5.74) is 5.28. The van der Waals surface area contributed by atoms with Gasteiger partial charge in [-0.3, -0.25) is 0 Å². The second-order valence-electron chi connectivity index (χ2n) is 9.57. The average Bonchev–Trinajstić information content (AvgIpc) is 3.36. The number of piperidine rings is 1. The normalized spacial score (nSPS) is 14.8. The lowest BCUT2D eigenvalue weighted by molar-refractivity contribution is 0.0697. The Kier molecular flexibility index (Phi) is 6.88. The molecule has 1 aliphatic rings. The molecule has 2 N–H and O–H groups in total. The molecule has 0 atom stereocenters. The summed E-state index contributed by atoms with van der Waals surface area (Å²) in [5, 5.41) is 10.9. The van der Waals surface area contributed by atoms with Gasteiger partial charge in [-0.05, 0) is 78.1 Å². The fourth-order valence-corrected chi connectivity index (χ4v) is 5.87. The summed E-state index contributed by atoms with van der Waals surface area (Å²) in [6, 6.07) is 21.1. The zero-order chi connectivity index (χ0) is 26.0. The van der Waals surface area contributed by atoms with E-state index in [0.717, 1.165) is 41.3 Å². The van der Waals surface area contributed by atoms with Gasteiger partial charge in [0.25, 0.3) is 0 Å². The first kappa shape index (κ1) is 24.8. The summed E-state index contributed by atoms with van der Waals surface area (Å²) in [6.07, 6.45) is 5.78. The predicted octanol–water partition coefficient (Wildman–Crippen LogP) is 5.15. The quantitative estimate of drug-likeness (QED) is 0.362. The van der Waals surface area contributed by atoms with Crippen molar-refractivity contribution in [3.05, 3.63) is 95.2 Å². The highest BCUT2D eigenvalue weighted by molar-refractivity contribution is 7.88. The van der Waals surface area contributed by atoms with Gasteiger partial charge >= 0.3 is 5.97 Å². The third kappa shape index (κ3) is 5.61. The van der Waals surface area contributed by atoms with E-state index in [4.69, 9.17) is 0 Å². The van der Waals surface area contributed by atoms with Crippen LogP contribution in [-0.4, -0.2) is 48.1 Å². The van der Waals surface area contributed by atoms with Gasteiger partial charge in [-0.25, -0.2) is 17.5 Å². The summed E-state index contributed by atoms with van der Waals surface area (Å²) in [5.74, 6) is 5.87. The lowest BCUT2D eigenvalue weighted by Gasteiger charge is -2.30. The van der Waals surface area contributed by atoms with E-state index < -0.39 is 16.0 Å². The number of nitrogens with zero attached hydrogens (tertiary/aromatic N) is 1. The fraction of sp³-hybridized carbons (Fsp3) is 0.233. The van der Waals surface area contributed by atoms with E-state index in [0.29, 0.717) is 30.1 Å². The smallest absolute Gasteiger partial charge is 0.336 e. The number of nitrogens with one attached hydrogen (secondary N) is 1. The molecule has 0 aliphatic carbocycles. The number of rotatable bonds is 5. The van der Waals surface area contributed by atoms with Crippen LogP contribution in [0.4, 0.5) is 0 Å². The third-order valence-corrected chi connectivity index (χ3v) is 8.30. The molecular formula is C30H28N2O4S. The van der Waals surface area contributed by atoms with Gasteiger partial charge in [-0.15, -0.1) is 0 Å². The monoisotopic (exact) mass is 512 g/mol. The molecule has 1 fully saturated rings. The lowest BCUT2D eigenvalue weighted by atomic mass is 9.90. The Morgan fingerprint density at radius 1 is 1.03 bits per heavy atom. The van der Waals surface area contributed by atoms with Crippen molar-refractivity contribution in [3.8, 4) is 23.0 Å². The minimum Gasteiger partial charge on any atom is -0.478 e. The zero-order valence-corrected chi connectivity index (χ0v) is 21.4. The van der Waals surface area contributed by atoms with Crippen LogP contribution in [0.5, 0.6) is 0 Å². The van der Waals surface area contributed by atoms with E-state index >= 15 is 0 Å². The van der Waals surface area contributed by atoms with Crippen LogP contribution in [0.3, 0.4) is 0 Å². The predicted molar refractivity (Wildman–Crippen MR) is 146 cm³/mol. The summed E-state index contributed by atoms with van der Waals surface area (Å²) in [6.45, 7) is 1.17. The second kappa shape index (κ2) is 10.3. The van der Waals surface area contributed by atoms with Crippen LogP contribution in [0.2, 0.25) is 0 Å². The molecule has 0 amide bonds. The van der Waals surface area contributed by atoms with Crippen LogP contribution in [0.1, 0.15) is 39.9 Å². The number of carbonyl (C=O) groups is 1. The van der Waals surface area contributed by atoms with E-state index in [2.05, 4.69) is 29.0 Å². The van der Waals surface area contributed by atoms with Crippen LogP contribution in [0.25, 0.3) is 22.0 Å². The highest BCUT2D eigenvalue weighted by Gasteiger charge is 2.24. The molecule has 5 rings (SSSR count). The van der Waals surface area contributed by atoms with E-state index in [9.17, 15) is 18.3 Å². The molecule has 1 aromatic heterocycles. The third-order valence-electron chi connectivity index (χ3n) is 7.00. The standard InChI is InChI=1S/C30H28N2O4S/c1-37(35,36)32-17-14-23(15-18-32)19-22-7-5-21(6-8-22)9-10-25-3-2-4-27(30(33)34)29(25)26-12-11-24-13-16-31-28(24)20-26/h2-8,11-13,16,20,23,31H,14-15,17-19H2,1H3,(H,33,34). The molecule has 3 aromatic carbocycles. The zero-order valence-electron chi connectivity index (χ0n) is 20.6. The highest BCUT2D eigenvalue weighted by atomic mass is 32.2. The van der Waals surface area contributed by atoms with Gasteiger partial charge in [0.1, 0.15) is 0 Å². The van der Waals surface area contributed by atoms with Gasteiger partial charge in [0.15, 0.2) is 0 Å². The highest BCUT2D eigenvalue weighted by Crippen LogP contribution is 2.30. The summed E-state index contributed by atoms with van der Waals surface area (Å²) >= 11 is 0. The van der Waals surface area contributed by atoms with Gasteiger partial charge in [0.2, 0.25) is 10.0 Å². The number of hydrogen-bond donors (Lipinski definition) is 2. The number of aromatic carboxylic acids is 1. The number of fused-ring (bicyclic) bond motifs is 1. The molecule has 1 saturated heterocycles. The van der Waals surface area contributed by atoms with Crippen molar-refractivity contribution < 1.29 is 18.3 Å². The van der Waals surface area contributed by atoms with E-state index in [1.807, 2.05) is 48.7 Å². The summed E-state index contributed by atoms with van der Waals surface area (Å²) in [4.78, 5) is 15.2. The van der Waals surface area contributed by atoms with Crippen LogP contribution >= 0.6 is 0 Å². The first-order valence-corrected chi connectivity index (χ1v) is 14.1. The Hall–Kier alpha value is -3.86. The lowest BCUT2D eigenvalue weighted by Crippen LogP contribution is -2.38. The Morgan fingerprint density at radius 2 is 1.78 bits per heavy atom. The summed E-state index contributed by atoms with van der Waals surface area (Å²) in [7, 11) is -3.11. The number of aromatic nitrogens is 1. The molecule has 6 nitrogen and oxygen atoms in total. The molecule has 7 heteroatoms. The van der Waals surface area contributed by atoms with Gasteiger partial charge in [0.05, 0.1) is 11.8 Å². The Balaban J connectivity index is 1.36. The van der Waals surface area contributed by atoms with E-state index in [-0.39, 0.29) is 5.56 Å². The number of carboxylic acids is 1. The average molecular weight is 513 g/mol. The first-order valence-electron chi connectivity index (χ1n) is 12.3. The van der Waals surface area contributed by atoms with Crippen LogP contribution in [0.15, 0.2) is 72.9 Å². The SMILES string of the molecule is CS(=O)(=O)N1CCC(Cc2ccc(C#Cc3cccc(C(=O)O)c3-c3ccc4cc[nH]c4c3)cc2)CC1. The maximum atomic E-state index is 12.0. The Labute approximate surface area is 217 Å². The number of sulfonamides is 1. The van der Waals surface area contributed by atoms with Gasteiger partial charge in [-0.2, -0.15) is 0 Å². The van der Waals surface area contributed by atoms with Gasteiger partial charge in [-0.1, -0.05) is 42.2 Å². The molecule has 0 radical (unpaired) electrons. The van der Waals surface area contributed by atoms with E-state index in [1.54, 1.807) is 16.4 Å². The molecule has 0 bridgehead atoms. The summed E-state index contributed by atoms with van der Waals surface area (Å²) < 4.78 is 25.0. The van der Waals surface area contributed by atoms with Crippen molar-refractivity contribution in [2.75, 3.05) is 19.3 Å². The van der Waals surface area contributed by atoms with Crippen molar-refractivity contribution in [1.29, 1.82) is 0 Å². The van der Waals surface area contributed by atoms with Crippen molar-refractivity contribution >= 4 is 26.9 Å². The van der Waals surface area contributed by atoms with E-state index in [1.165, 1.54) is 11.8 Å². The minimum atomic E-state index is -3.11. The van der Waals surface area contributed by atoms with Gasteiger partial charge < -0.3 is 10.1 Å². The molecule has 1 aliphatic heterocycles. The molecule has 188 valence electrons. The molecule has 37 heavy (non-hydrogen) atoms. The van der Waals surface area contributed by atoms with Crippen LogP contribution < -0.4 is 0 Å². The largest absolute Gasteiger partial charge is 0.478 e. The van der Waals surface area contributed by atoms with Crippen molar-refractivity contribution in [2.24, 2.45) is 5.92 Å². The first-order chi connectivity index (χ1) is 17.8. The Bertz CT molecular complexity index is 1620. The van der Waals surface area contributed by atoms with Crippen LogP contribution in [0, 0.1) is 17.8 Å². The molecular weight excluding hydrogens is 484 g/mol. The van der Waals surface area contributed by atoms with Crippen molar-refractivity contribution in [2.45, 2.75) is 19.3 Å². The molecule has 0 saturated carbocycles. The number of H-pyrrole nitrogens is 1.